The molecule has 1 aromatic heterocycles. The molecule has 3 heterocycles. The fourth-order valence-electron chi connectivity index (χ4n) is 3.13. The number of carboxylic acids is 1. The number of nitrogens with one attached hydrogen (secondary N) is 1. The summed E-state index contributed by atoms with van der Waals surface area (Å²) < 4.78 is 0.116. The highest BCUT2D eigenvalue weighted by Crippen LogP contribution is 2.52. The molecule has 0 radical (unpaired) electrons. The summed E-state index contributed by atoms with van der Waals surface area (Å²) in [7, 11) is 0. The second-order valence-corrected chi connectivity index (χ2v) is 8.40. The third-order valence-corrected chi connectivity index (χ3v) is 6.58. The largest absolute Gasteiger partial charge is 0.480 e. The second-order valence-electron chi connectivity index (χ2n) is 6.43. The average Bonchev–Trinajstić information content (AvgIpc) is 3.10. The van der Waals surface area contributed by atoms with Crippen LogP contribution in [0.25, 0.3) is 11.0 Å². The number of hydrogen-bond acceptors (Lipinski definition) is 6. The molecule has 0 saturated carbocycles. The van der Waals surface area contributed by atoms with Crippen molar-refractivity contribution in [3.05, 3.63) is 35.5 Å². The van der Waals surface area contributed by atoms with Crippen molar-refractivity contribution < 1.29 is 19.5 Å². The lowest BCUT2D eigenvalue weighted by Gasteiger charge is -2.41. The Morgan fingerprint density at radius 2 is 2.22 bits per heavy atom. The van der Waals surface area contributed by atoms with Gasteiger partial charge in [-0.05, 0) is 25.1 Å². The SMILES string of the molecule is C=C1N2C(=O)C(NC(=O)Cn3nnc4cc(Cl)ccc43)[C@H]2SC1(C)C(=O)O. The molecule has 3 atom stereocenters. The van der Waals surface area contributed by atoms with Crippen molar-refractivity contribution >= 4 is 52.2 Å². The van der Waals surface area contributed by atoms with E-state index in [0.29, 0.717) is 16.1 Å². The number of rotatable bonds is 4. The summed E-state index contributed by atoms with van der Waals surface area (Å²) in [4.78, 5) is 37.6. The van der Waals surface area contributed by atoms with Crippen molar-refractivity contribution in [1.82, 2.24) is 25.2 Å². The number of halogens is 1. The van der Waals surface area contributed by atoms with Gasteiger partial charge in [-0.15, -0.1) is 16.9 Å². The number of thioether (sulfide) groups is 1. The van der Waals surface area contributed by atoms with E-state index in [9.17, 15) is 19.5 Å². The highest BCUT2D eigenvalue weighted by Gasteiger charge is 2.63. The average molecular weight is 408 g/mol. The molecule has 2 amide bonds. The maximum Gasteiger partial charge on any atom is 0.325 e. The minimum absolute atomic E-state index is 0.129. The van der Waals surface area contributed by atoms with Crippen molar-refractivity contribution in [2.75, 3.05) is 0 Å². The Balaban J connectivity index is 1.47. The number of amides is 2. The lowest BCUT2D eigenvalue weighted by Crippen LogP contribution is -2.67. The van der Waals surface area contributed by atoms with Gasteiger partial charge in [-0.3, -0.25) is 19.3 Å². The lowest BCUT2D eigenvalue weighted by molar-refractivity contribution is -0.146. The molecular weight excluding hydrogens is 394 g/mol. The molecule has 2 fully saturated rings. The van der Waals surface area contributed by atoms with Gasteiger partial charge in [-0.25, -0.2) is 4.68 Å². The molecule has 2 aliphatic heterocycles. The molecule has 2 aromatic rings. The van der Waals surface area contributed by atoms with Gasteiger partial charge >= 0.3 is 5.97 Å². The second kappa shape index (κ2) is 5.96. The van der Waals surface area contributed by atoms with Crippen LogP contribution in [0.2, 0.25) is 5.02 Å². The van der Waals surface area contributed by atoms with E-state index >= 15 is 0 Å². The number of carbonyl (C=O) groups excluding carboxylic acids is 2. The van der Waals surface area contributed by atoms with E-state index < -0.39 is 28.0 Å². The molecule has 140 valence electrons. The standard InChI is InChI=1S/C16H14ClN5O4S/c1-7-16(2,15(25)26)27-14-12(13(24)22(7)14)18-11(23)6-21-10-4-3-8(17)5-9(10)19-20-21/h3-5,12,14H,1,6H2,2H3,(H,18,23)(H,25,26)/t12?,14-,16?/m1/s1. The van der Waals surface area contributed by atoms with Gasteiger partial charge in [0.1, 0.15) is 23.5 Å². The minimum atomic E-state index is -1.29. The highest BCUT2D eigenvalue weighted by atomic mass is 35.5. The van der Waals surface area contributed by atoms with Crippen LogP contribution in [-0.2, 0) is 20.9 Å². The smallest absolute Gasteiger partial charge is 0.325 e. The number of carbonyl (C=O) groups is 3. The van der Waals surface area contributed by atoms with Gasteiger partial charge in [0, 0.05) is 10.7 Å². The van der Waals surface area contributed by atoms with Gasteiger partial charge in [-0.2, -0.15) is 0 Å². The Morgan fingerprint density at radius 3 is 2.93 bits per heavy atom. The van der Waals surface area contributed by atoms with E-state index in [1.54, 1.807) is 18.2 Å². The summed E-state index contributed by atoms with van der Waals surface area (Å²) in [5.41, 5.74) is 1.42. The summed E-state index contributed by atoms with van der Waals surface area (Å²) in [6.45, 7) is 5.11. The minimum Gasteiger partial charge on any atom is -0.480 e. The van der Waals surface area contributed by atoms with Crippen molar-refractivity contribution in [3.63, 3.8) is 0 Å². The first-order valence-electron chi connectivity index (χ1n) is 7.94. The molecule has 1 aromatic carbocycles. The topological polar surface area (TPSA) is 117 Å². The van der Waals surface area contributed by atoms with Crippen LogP contribution < -0.4 is 5.32 Å². The van der Waals surface area contributed by atoms with E-state index in [2.05, 4.69) is 22.2 Å². The fourth-order valence-corrected chi connectivity index (χ4v) is 4.78. The zero-order valence-corrected chi connectivity index (χ0v) is 15.6. The molecule has 0 aliphatic carbocycles. The molecule has 2 N–H and O–H groups in total. The Labute approximate surface area is 162 Å². The number of benzene rings is 1. The summed E-state index contributed by atoms with van der Waals surface area (Å²) in [5.74, 6) is -1.87. The molecule has 2 unspecified atom stereocenters. The van der Waals surface area contributed by atoms with Gasteiger partial charge in [0.25, 0.3) is 5.91 Å². The van der Waals surface area contributed by atoms with Crippen LogP contribution in [-0.4, -0.2) is 58.9 Å². The molecule has 27 heavy (non-hydrogen) atoms. The van der Waals surface area contributed by atoms with Crippen LogP contribution >= 0.6 is 23.4 Å². The van der Waals surface area contributed by atoms with E-state index in [4.69, 9.17) is 11.6 Å². The number of β-lactam (4-membered cyclic amide) rings is 1. The number of carboxylic acid groups (broad SMARTS) is 1. The number of fused-ring (bicyclic) bond motifs is 2. The zero-order chi connectivity index (χ0) is 19.5. The Bertz CT molecular complexity index is 1020. The summed E-state index contributed by atoms with van der Waals surface area (Å²) in [6, 6.07) is 4.21. The van der Waals surface area contributed by atoms with Gasteiger partial charge in [-0.1, -0.05) is 23.4 Å². The van der Waals surface area contributed by atoms with Crippen LogP contribution in [0.4, 0.5) is 0 Å². The Morgan fingerprint density at radius 1 is 1.48 bits per heavy atom. The van der Waals surface area contributed by atoms with E-state index in [1.165, 1.54) is 16.5 Å². The first kappa shape index (κ1) is 17.8. The lowest BCUT2D eigenvalue weighted by atomic mass is 10.0. The van der Waals surface area contributed by atoms with Crippen LogP contribution in [0, 0.1) is 0 Å². The predicted molar refractivity (Wildman–Crippen MR) is 97.9 cm³/mol. The summed E-state index contributed by atoms with van der Waals surface area (Å²) in [6.07, 6.45) is 0. The van der Waals surface area contributed by atoms with Crippen molar-refractivity contribution in [2.45, 2.75) is 29.6 Å². The number of aromatic nitrogens is 3. The normalized spacial score (nSPS) is 26.8. The zero-order valence-electron chi connectivity index (χ0n) is 14.0. The first-order chi connectivity index (χ1) is 12.7. The predicted octanol–water partition coefficient (Wildman–Crippen LogP) is 0.842. The highest BCUT2D eigenvalue weighted by molar-refractivity contribution is 8.02. The Hall–Kier alpha value is -2.59. The number of aliphatic carboxylic acids is 1. The molecule has 2 saturated heterocycles. The molecule has 2 aliphatic rings. The molecule has 11 heteroatoms. The van der Waals surface area contributed by atoms with Crippen molar-refractivity contribution in [1.29, 1.82) is 0 Å². The molecule has 9 nitrogen and oxygen atoms in total. The van der Waals surface area contributed by atoms with Crippen LogP contribution in [0.15, 0.2) is 30.5 Å². The maximum atomic E-state index is 12.4. The number of hydrogen-bond donors (Lipinski definition) is 2. The summed E-state index contributed by atoms with van der Waals surface area (Å²) in [5, 5.41) is 20.0. The first-order valence-corrected chi connectivity index (χ1v) is 9.20. The van der Waals surface area contributed by atoms with Gasteiger partial charge in [0.2, 0.25) is 5.91 Å². The summed E-state index contributed by atoms with van der Waals surface area (Å²) >= 11 is 6.99. The van der Waals surface area contributed by atoms with E-state index in [0.717, 1.165) is 11.8 Å². The Kier molecular flexibility index (Phi) is 3.93. The van der Waals surface area contributed by atoms with Crippen LogP contribution in [0.1, 0.15) is 6.92 Å². The van der Waals surface area contributed by atoms with Crippen LogP contribution in [0.5, 0.6) is 0 Å². The quantitative estimate of drug-likeness (QED) is 0.721. The van der Waals surface area contributed by atoms with Gasteiger partial charge in [0.05, 0.1) is 5.52 Å². The van der Waals surface area contributed by atoms with Gasteiger partial charge < -0.3 is 10.4 Å². The maximum absolute atomic E-state index is 12.4. The van der Waals surface area contributed by atoms with E-state index in [1.807, 2.05) is 0 Å². The third-order valence-electron chi connectivity index (χ3n) is 4.73. The monoisotopic (exact) mass is 407 g/mol. The van der Waals surface area contributed by atoms with Crippen LogP contribution in [0.3, 0.4) is 0 Å². The third kappa shape index (κ3) is 2.59. The number of nitrogens with zero attached hydrogens (tertiary/aromatic N) is 4. The molecule has 0 spiro atoms. The molecule has 0 bridgehead atoms. The molecular formula is C16H14ClN5O4S. The van der Waals surface area contributed by atoms with Crippen molar-refractivity contribution in [3.8, 4) is 0 Å². The van der Waals surface area contributed by atoms with Crippen molar-refractivity contribution in [2.24, 2.45) is 0 Å². The fraction of sp³-hybridized carbons (Fsp3) is 0.312. The molecule has 4 rings (SSSR count). The van der Waals surface area contributed by atoms with E-state index in [-0.39, 0.29) is 18.1 Å². The van der Waals surface area contributed by atoms with Gasteiger partial charge in [0.15, 0.2) is 4.75 Å².